The Morgan fingerprint density at radius 1 is 1.23 bits per heavy atom. The van der Waals surface area contributed by atoms with Crippen molar-refractivity contribution in [3.05, 3.63) is 76.4 Å². The molecule has 0 unspecified atom stereocenters. The van der Waals surface area contributed by atoms with E-state index in [1.54, 1.807) is 18.2 Å². The van der Waals surface area contributed by atoms with Crippen molar-refractivity contribution in [3.8, 4) is 0 Å². The molecule has 0 radical (unpaired) electrons. The van der Waals surface area contributed by atoms with E-state index in [0.29, 0.717) is 18.8 Å². The Kier molecular flexibility index (Phi) is 3.93. The Bertz CT molecular complexity index is 721. The molecule has 1 atom stereocenters. The van der Waals surface area contributed by atoms with E-state index in [0.717, 1.165) is 29.5 Å². The summed E-state index contributed by atoms with van der Waals surface area (Å²) in [5.74, 6) is -0.265. The van der Waals surface area contributed by atoms with Crippen LogP contribution in [-0.4, -0.2) is 6.54 Å². The van der Waals surface area contributed by atoms with E-state index in [4.69, 9.17) is 17.0 Å². The van der Waals surface area contributed by atoms with Gasteiger partial charge in [0.05, 0.1) is 13.2 Å². The first-order chi connectivity index (χ1) is 10.7. The number of halogens is 1. The van der Waals surface area contributed by atoms with Crippen LogP contribution in [0.5, 0.6) is 0 Å². The molecule has 0 aromatic heterocycles. The maximum absolute atomic E-state index is 13.3. The fraction of sp³-hybridized carbons (Fsp3) is 0.278. The van der Waals surface area contributed by atoms with E-state index >= 15 is 0 Å². The highest BCUT2D eigenvalue weighted by atomic mass is 19.1. The van der Waals surface area contributed by atoms with Gasteiger partial charge in [-0.15, -0.1) is 0 Å². The molecule has 3 rings (SSSR count). The quantitative estimate of drug-likeness (QED) is 0.869. The Hall–Kier alpha value is -2.22. The second-order valence-corrected chi connectivity index (χ2v) is 5.47. The molecule has 1 aliphatic rings. The molecule has 1 aliphatic heterocycles. The van der Waals surface area contributed by atoms with E-state index in [9.17, 15) is 4.39 Å². The lowest BCUT2D eigenvalue weighted by Gasteiger charge is -2.30. The molecule has 3 nitrogen and oxygen atoms in total. The highest BCUT2D eigenvalue weighted by molar-refractivity contribution is 5.54. The Morgan fingerprint density at radius 3 is 2.68 bits per heavy atom. The summed E-state index contributed by atoms with van der Waals surface area (Å²) in [5, 5.41) is 0. The lowest BCUT2D eigenvalue weighted by molar-refractivity contribution is -0.0126. The number of nitrogens with zero attached hydrogens (tertiary/aromatic N) is 1. The third-order valence-corrected chi connectivity index (χ3v) is 4.17. The third-order valence-electron chi connectivity index (χ3n) is 4.17. The van der Waals surface area contributed by atoms with Gasteiger partial charge in [0.1, 0.15) is 11.4 Å². The molecular formula is C18H17FN2O. The number of benzene rings is 2. The molecule has 2 aromatic rings. The van der Waals surface area contributed by atoms with Gasteiger partial charge in [-0.1, -0.05) is 30.3 Å². The second kappa shape index (κ2) is 5.88. The van der Waals surface area contributed by atoms with Gasteiger partial charge >= 0.3 is 0 Å². The number of nitrogens with two attached hydrogens (primary N) is 1. The molecule has 0 fully saturated rings. The van der Waals surface area contributed by atoms with Crippen LogP contribution in [0.15, 0.2) is 42.5 Å². The number of rotatable bonds is 4. The Labute approximate surface area is 129 Å². The summed E-state index contributed by atoms with van der Waals surface area (Å²) in [6.07, 6.45) is 1.54. The zero-order valence-corrected chi connectivity index (χ0v) is 12.2. The van der Waals surface area contributed by atoms with Crippen LogP contribution in [0, 0.1) is 12.4 Å². The van der Waals surface area contributed by atoms with Gasteiger partial charge in [-0.25, -0.2) is 9.24 Å². The van der Waals surface area contributed by atoms with Crippen LogP contribution in [0.2, 0.25) is 0 Å². The molecule has 4 heteroatoms. The summed E-state index contributed by atoms with van der Waals surface area (Å²) in [4.78, 5) is 3.47. The van der Waals surface area contributed by atoms with Gasteiger partial charge < -0.3 is 10.5 Å². The normalized spacial score (nSPS) is 19.7. The standard InChI is InChI=1S/C18H17FN2O/c1-21-16-7-8-17-13(11-16)12-22-18(17,9-2-10-20)14-3-5-15(19)6-4-14/h3-8,11H,2,9-10,12,20H2/t18-/m1/s1. The van der Waals surface area contributed by atoms with Crippen LogP contribution in [0.4, 0.5) is 10.1 Å². The van der Waals surface area contributed by atoms with Gasteiger partial charge in [0.15, 0.2) is 5.69 Å². The number of hydrogen-bond acceptors (Lipinski definition) is 2. The monoisotopic (exact) mass is 296 g/mol. The molecule has 22 heavy (non-hydrogen) atoms. The van der Waals surface area contributed by atoms with Gasteiger partial charge in [0, 0.05) is 0 Å². The maximum atomic E-state index is 13.3. The van der Waals surface area contributed by atoms with Crippen LogP contribution >= 0.6 is 0 Å². The van der Waals surface area contributed by atoms with Crippen molar-refractivity contribution in [1.29, 1.82) is 0 Å². The zero-order valence-electron chi connectivity index (χ0n) is 12.2. The fourth-order valence-corrected chi connectivity index (χ4v) is 3.10. The summed E-state index contributed by atoms with van der Waals surface area (Å²) < 4.78 is 19.4. The predicted molar refractivity (Wildman–Crippen MR) is 83.0 cm³/mol. The minimum absolute atomic E-state index is 0.265. The second-order valence-electron chi connectivity index (χ2n) is 5.47. The molecule has 1 heterocycles. The molecule has 112 valence electrons. The number of hydrogen-bond donors (Lipinski definition) is 1. The van der Waals surface area contributed by atoms with Crippen LogP contribution < -0.4 is 5.73 Å². The highest BCUT2D eigenvalue weighted by Crippen LogP contribution is 2.46. The van der Waals surface area contributed by atoms with Gasteiger partial charge in [0.25, 0.3) is 0 Å². The van der Waals surface area contributed by atoms with Crippen LogP contribution in [0.1, 0.15) is 29.5 Å². The van der Waals surface area contributed by atoms with Crippen molar-refractivity contribution in [1.82, 2.24) is 0 Å². The molecule has 2 N–H and O–H groups in total. The molecule has 0 saturated carbocycles. The van der Waals surface area contributed by atoms with E-state index in [-0.39, 0.29) is 5.82 Å². The molecule has 0 saturated heterocycles. The summed E-state index contributed by atoms with van der Waals surface area (Å²) in [7, 11) is 0. The molecule has 0 bridgehead atoms. The van der Waals surface area contributed by atoms with Crippen LogP contribution in [0.3, 0.4) is 0 Å². The van der Waals surface area contributed by atoms with Crippen molar-refractivity contribution in [2.45, 2.75) is 25.0 Å². The first-order valence-electron chi connectivity index (χ1n) is 7.30. The minimum atomic E-state index is -0.594. The van der Waals surface area contributed by atoms with E-state index in [2.05, 4.69) is 4.85 Å². The predicted octanol–water partition coefficient (Wildman–Crippen LogP) is 3.89. The lowest BCUT2D eigenvalue weighted by atomic mass is 9.82. The van der Waals surface area contributed by atoms with E-state index in [1.807, 2.05) is 12.1 Å². The van der Waals surface area contributed by atoms with Crippen molar-refractivity contribution in [3.63, 3.8) is 0 Å². The van der Waals surface area contributed by atoms with Gasteiger partial charge in [0.2, 0.25) is 0 Å². The number of fused-ring (bicyclic) bond motifs is 1. The summed E-state index contributed by atoms with van der Waals surface area (Å²) >= 11 is 0. The average Bonchev–Trinajstić information content (AvgIpc) is 2.92. The zero-order chi connectivity index (χ0) is 15.6. The molecule has 2 aromatic carbocycles. The van der Waals surface area contributed by atoms with E-state index < -0.39 is 5.60 Å². The van der Waals surface area contributed by atoms with Gasteiger partial charge in [-0.2, -0.15) is 0 Å². The number of ether oxygens (including phenoxy) is 1. The van der Waals surface area contributed by atoms with Crippen molar-refractivity contribution in [2.24, 2.45) is 5.73 Å². The SMILES string of the molecule is [C-]#[N+]c1ccc2c(c1)CO[C@]2(CCCN)c1ccc(F)cc1. The largest absolute Gasteiger partial charge is 0.361 e. The van der Waals surface area contributed by atoms with Crippen LogP contribution in [0.25, 0.3) is 4.85 Å². The molecule has 0 spiro atoms. The minimum Gasteiger partial charge on any atom is -0.361 e. The molecule has 0 aliphatic carbocycles. The molecular weight excluding hydrogens is 279 g/mol. The topological polar surface area (TPSA) is 39.6 Å². The smallest absolute Gasteiger partial charge is 0.187 e. The Morgan fingerprint density at radius 2 is 2.00 bits per heavy atom. The van der Waals surface area contributed by atoms with Gasteiger partial charge in [-0.3, -0.25) is 0 Å². The summed E-state index contributed by atoms with van der Waals surface area (Å²) in [5.41, 5.74) is 8.70. The van der Waals surface area contributed by atoms with Crippen molar-refractivity contribution < 1.29 is 9.13 Å². The summed E-state index contributed by atoms with van der Waals surface area (Å²) in [6, 6.07) is 12.1. The fourth-order valence-electron chi connectivity index (χ4n) is 3.10. The van der Waals surface area contributed by atoms with E-state index in [1.165, 1.54) is 12.1 Å². The molecule has 0 amide bonds. The highest BCUT2D eigenvalue weighted by Gasteiger charge is 2.41. The maximum Gasteiger partial charge on any atom is 0.187 e. The van der Waals surface area contributed by atoms with Crippen molar-refractivity contribution in [2.75, 3.05) is 6.54 Å². The Balaban J connectivity index is 2.10. The third kappa shape index (κ3) is 2.39. The average molecular weight is 296 g/mol. The van der Waals surface area contributed by atoms with Crippen molar-refractivity contribution >= 4 is 5.69 Å². The van der Waals surface area contributed by atoms with Gasteiger partial charge in [-0.05, 0) is 48.2 Å². The first kappa shape index (κ1) is 14.7. The van der Waals surface area contributed by atoms with Crippen LogP contribution in [-0.2, 0) is 16.9 Å². The summed E-state index contributed by atoms with van der Waals surface area (Å²) in [6.45, 7) is 8.16. The lowest BCUT2D eigenvalue weighted by Crippen LogP contribution is -2.28. The first-order valence-corrected chi connectivity index (χ1v) is 7.30.